The first-order valence-corrected chi connectivity index (χ1v) is 11.0. The Bertz CT molecular complexity index is 1340. The molecule has 1 aromatic carbocycles. The van der Waals surface area contributed by atoms with E-state index >= 15 is 0 Å². The number of hydrogen-bond donors (Lipinski definition) is 0. The Kier molecular flexibility index (Phi) is 4.65. The normalized spacial score (nSPS) is 16.3. The number of nitrogens with zero attached hydrogens (tertiary/aromatic N) is 6. The summed E-state index contributed by atoms with van der Waals surface area (Å²) >= 11 is 0. The topological polar surface area (TPSA) is 58.0 Å². The molecule has 160 valence electrons. The molecule has 0 saturated carbocycles. The predicted octanol–water partition coefficient (Wildman–Crippen LogP) is 4.07. The summed E-state index contributed by atoms with van der Waals surface area (Å²) in [6.07, 6.45) is 10.5. The van der Waals surface area contributed by atoms with E-state index in [4.69, 9.17) is 4.98 Å². The highest BCUT2D eigenvalue weighted by Gasteiger charge is 2.19. The highest BCUT2D eigenvalue weighted by molar-refractivity contribution is 5.90. The van der Waals surface area contributed by atoms with E-state index in [9.17, 15) is 0 Å². The number of benzene rings is 1. The Morgan fingerprint density at radius 1 is 0.844 bits per heavy atom. The molecule has 1 aliphatic heterocycles. The number of anilines is 1. The van der Waals surface area contributed by atoms with E-state index in [0.29, 0.717) is 0 Å². The summed E-state index contributed by atoms with van der Waals surface area (Å²) in [4.78, 5) is 22.7. The Balaban J connectivity index is 0.00000228. The summed E-state index contributed by atoms with van der Waals surface area (Å²) < 4.78 is 0. The summed E-state index contributed by atoms with van der Waals surface area (Å²) in [5, 5.41) is 1.05. The van der Waals surface area contributed by atoms with Gasteiger partial charge in [-0.05, 0) is 54.1 Å². The van der Waals surface area contributed by atoms with Crippen LogP contribution in [-0.4, -0.2) is 58.1 Å². The lowest BCUT2D eigenvalue weighted by Crippen LogP contribution is -2.44. The van der Waals surface area contributed by atoms with Gasteiger partial charge in [-0.2, -0.15) is 0 Å². The number of pyridine rings is 2. The molecule has 0 bridgehead atoms. The van der Waals surface area contributed by atoms with Crippen LogP contribution in [0.1, 0.15) is 18.2 Å². The first kappa shape index (κ1) is 19.1. The third kappa shape index (κ3) is 3.42. The lowest BCUT2D eigenvalue weighted by atomic mass is 9.97. The van der Waals surface area contributed by atoms with Gasteiger partial charge in [-0.25, -0.2) is 15.0 Å². The van der Waals surface area contributed by atoms with Gasteiger partial charge < -0.3 is 9.80 Å². The molecule has 0 radical (unpaired) electrons. The monoisotopic (exact) mass is 422 g/mol. The minimum Gasteiger partial charge on any atom is -0.354 e. The van der Waals surface area contributed by atoms with Crippen LogP contribution in [0.25, 0.3) is 27.6 Å². The summed E-state index contributed by atoms with van der Waals surface area (Å²) in [5.74, 6) is 1.04. The minimum absolute atomic E-state index is 0. The third-order valence-corrected chi connectivity index (χ3v) is 6.48. The van der Waals surface area contributed by atoms with E-state index in [2.05, 4.69) is 74.3 Å². The number of fused-ring (bicyclic) bond motifs is 2. The van der Waals surface area contributed by atoms with Crippen molar-refractivity contribution in [3.05, 3.63) is 84.2 Å². The molecule has 6 rings (SSSR count). The molecule has 0 spiro atoms. The van der Waals surface area contributed by atoms with Gasteiger partial charge in [0.15, 0.2) is 0 Å². The van der Waals surface area contributed by atoms with Crippen LogP contribution in [0, 0.1) is 0 Å². The SMILES string of the molecule is CN1CCN(c2cc(-c3cnc4c(c3)C(c3ccc5ncncc5c3)=CC4)ccn2)CC1.[HH]. The maximum atomic E-state index is 4.81. The molecule has 0 N–H and O–H groups in total. The summed E-state index contributed by atoms with van der Waals surface area (Å²) in [5.41, 5.74) is 7.98. The van der Waals surface area contributed by atoms with E-state index < -0.39 is 0 Å². The molecule has 1 fully saturated rings. The van der Waals surface area contributed by atoms with Crippen molar-refractivity contribution in [1.82, 2.24) is 24.8 Å². The number of hydrogen-bond acceptors (Lipinski definition) is 6. The Hall–Kier alpha value is -3.64. The van der Waals surface area contributed by atoms with E-state index in [0.717, 1.165) is 66.1 Å². The number of aromatic nitrogens is 4. The van der Waals surface area contributed by atoms with Crippen LogP contribution >= 0.6 is 0 Å². The number of likely N-dealkylation sites (N-methyl/N-ethyl adjacent to an activating group) is 1. The second-order valence-corrected chi connectivity index (χ2v) is 8.53. The van der Waals surface area contributed by atoms with Gasteiger partial charge in [0.1, 0.15) is 12.1 Å². The van der Waals surface area contributed by atoms with Gasteiger partial charge in [-0.1, -0.05) is 12.1 Å². The first-order valence-electron chi connectivity index (χ1n) is 11.0. The molecule has 0 atom stereocenters. The predicted molar refractivity (Wildman–Crippen MR) is 130 cm³/mol. The van der Waals surface area contributed by atoms with E-state index in [1.54, 1.807) is 6.33 Å². The summed E-state index contributed by atoms with van der Waals surface area (Å²) in [7, 11) is 2.17. The zero-order chi connectivity index (χ0) is 21.5. The Labute approximate surface area is 188 Å². The van der Waals surface area contributed by atoms with Gasteiger partial charge >= 0.3 is 0 Å². The molecule has 1 aliphatic carbocycles. The highest BCUT2D eigenvalue weighted by Crippen LogP contribution is 2.35. The zero-order valence-electron chi connectivity index (χ0n) is 18.1. The fourth-order valence-electron chi connectivity index (χ4n) is 4.59. The first-order chi connectivity index (χ1) is 15.7. The Morgan fingerprint density at radius 2 is 1.75 bits per heavy atom. The highest BCUT2D eigenvalue weighted by atomic mass is 15.3. The van der Waals surface area contributed by atoms with Gasteiger partial charge in [0.2, 0.25) is 0 Å². The molecule has 0 amide bonds. The second-order valence-electron chi connectivity index (χ2n) is 8.53. The number of allylic oxidation sites excluding steroid dienone is 1. The second kappa shape index (κ2) is 7.80. The van der Waals surface area contributed by atoms with Crippen molar-refractivity contribution in [2.45, 2.75) is 6.42 Å². The molecular weight excluding hydrogens is 396 g/mol. The van der Waals surface area contributed by atoms with E-state index in [1.165, 1.54) is 16.7 Å². The number of piperazine rings is 1. The fourth-order valence-corrected chi connectivity index (χ4v) is 4.59. The summed E-state index contributed by atoms with van der Waals surface area (Å²) in [6.45, 7) is 4.15. The standard InChI is InChI=1S/C26H24N6.H2/c1-31-8-10-32(11-9-31)26-14-18(6-7-28-26)20-13-23-22(3-5-25(23)29-16-20)19-2-4-24-21(12-19)15-27-17-30-24;/h2-4,6-7,12-17H,5,8-11H2,1H3;1H. The van der Waals surface area contributed by atoms with Crippen molar-refractivity contribution in [3.63, 3.8) is 0 Å². The lowest BCUT2D eigenvalue weighted by molar-refractivity contribution is 0.312. The van der Waals surface area contributed by atoms with Crippen LogP contribution < -0.4 is 4.90 Å². The van der Waals surface area contributed by atoms with Crippen LogP contribution in [0.2, 0.25) is 0 Å². The quantitative estimate of drug-likeness (QED) is 0.496. The van der Waals surface area contributed by atoms with Crippen molar-refractivity contribution < 1.29 is 1.43 Å². The largest absolute Gasteiger partial charge is 0.354 e. The zero-order valence-corrected chi connectivity index (χ0v) is 18.1. The van der Waals surface area contributed by atoms with Crippen LogP contribution in [0.3, 0.4) is 0 Å². The molecule has 4 heterocycles. The molecule has 2 aliphatic rings. The number of rotatable bonds is 3. The van der Waals surface area contributed by atoms with Gasteiger partial charge in [0, 0.05) is 69.1 Å². The van der Waals surface area contributed by atoms with E-state index in [1.807, 2.05) is 18.6 Å². The average Bonchev–Trinajstić information content (AvgIpc) is 3.27. The minimum atomic E-state index is 0. The van der Waals surface area contributed by atoms with Crippen molar-refractivity contribution >= 4 is 22.3 Å². The van der Waals surface area contributed by atoms with Gasteiger partial charge in [-0.15, -0.1) is 0 Å². The van der Waals surface area contributed by atoms with Crippen molar-refractivity contribution in [2.75, 3.05) is 38.1 Å². The third-order valence-electron chi connectivity index (χ3n) is 6.48. The van der Waals surface area contributed by atoms with Crippen LogP contribution in [-0.2, 0) is 6.42 Å². The molecule has 1 saturated heterocycles. The Morgan fingerprint density at radius 3 is 2.66 bits per heavy atom. The molecule has 32 heavy (non-hydrogen) atoms. The van der Waals surface area contributed by atoms with Crippen molar-refractivity contribution in [2.24, 2.45) is 0 Å². The van der Waals surface area contributed by atoms with Crippen LogP contribution in [0.5, 0.6) is 0 Å². The van der Waals surface area contributed by atoms with Crippen molar-refractivity contribution in [3.8, 4) is 11.1 Å². The summed E-state index contributed by atoms with van der Waals surface area (Å²) in [6, 6.07) is 12.9. The van der Waals surface area contributed by atoms with Crippen LogP contribution in [0.4, 0.5) is 5.82 Å². The lowest BCUT2D eigenvalue weighted by Gasteiger charge is -2.33. The van der Waals surface area contributed by atoms with Gasteiger partial charge in [-0.3, -0.25) is 4.98 Å². The van der Waals surface area contributed by atoms with Crippen molar-refractivity contribution in [1.29, 1.82) is 0 Å². The fraction of sp³-hybridized carbons (Fsp3) is 0.231. The molecule has 0 unspecified atom stereocenters. The maximum Gasteiger partial charge on any atom is 0.129 e. The molecule has 6 nitrogen and oxygen atoms in total. The molecule has 6 heteroatoms. The van der Waals surface area contributed by atoms with Gasteiger partial charge in [0.05, 0.1) is 11.2 Å². The average molecular weight is 423 g/mol. The van der Waals surface area contributed by atoms with E-state index in [-0.39, 0.29) is 1.43 Å². The maximum absolute atomic E-state index is 4.81. The molecule has 4 aromatic rings. The van der Waals surface area contributed by atoms with Gasteiger partial charge in [0.25, 0.3) is 0 Å². The molecule has 3 aromatic heterocycles. The molecular formula is C26H26N6. The smallest absolute Gasteiger partial charge is 0.129 e. The van der Waals surface area contributed by atoms with Crippen LogP contribution in [0.15, 0.2) is 67.4 Å².